The summed E-state index contributed by atoms with van der Waals surface area (Å²) >= 11 is 5.81. The number of hydrogen-bond acceptors (Lipinski definition) is 3. The number of benzene rings is 1. The average Bonchev–Trinajstić information content (AvgIpc) is 2.72. The summed E-state index contributed by atoms with van der Waals surface area (Å²) in [6, 6.07) is 6.92. The number of anilines is 1. The van der Waals surface area contributed by atoms with Crippen molar-refractivity contribution in [2.45, 2.75) is 6.42 Å². The lowest BCUT2D eigenvalue weighted by Gasteiger charge is -2.12. The van der Waals surface area contributed by atoms with Crippen LogP contribution < -0.4 is 5.32 Å². The second-order valence-electron chi connectivity index (χ2n) is 3.91. The second-order valence-corrected chi connectivity index (χ2v) is 4.35. The first-order chi connectivity index (χ1) is 8.65. The summed E-state index contributed by atoms with van der Waals surface area (Å²) in [5, 5.41) is 3.29. The molecule has 1 heterocycles. The van der Waals surface area contributed by atoms with Crippen LogP contribution in [0.5, 0.6) is 0 Å². The quantitative estimate of drug-likeness (QED) is 0.910. The highest BCUT2D eigenvalue weighted by Gasteiger charge is 2.21. The molecular formula is C12H13ClN2O3. The molecule has 0 spiro atoms. The molecule has 0 radical (unpaired) electrons. The first-order valence-corrected chi connectivity index (χ1v) is 6.00. The topological polar surface area (TPSA) is 58.6 Å². The molecule has 0 saturated carbocycles. The Labute approximate surface area is 110 Å². The van der Waals surface area contributed by atoms with Crippen LogP contribution in [0, 0.1) is 0 Å². The Balaban J connectivity index is 1.80. The SMILES string of the molecule is O=C(CCN1CCOC1=O)Nc1cccc(Cl)c1. The molecule has 2 rings (SSSR count). The minimum Gasteiger partial charge on any atom is -0.448 e. The van der Waals surface area contributed by atoms with E-state index in [1.54, 1.807) is 24.3 Å². The summed E-state index contributed by atoms with van der Waals surface area (Å²) in [5.74, 6) is -0.156. The van der Waals surface area contributed by atoms with E-state index in [0.717, 1.165) is 0 Å². The van der Waals surface area contributed by atoms with Gasteiger partial charge in [-0.3, -0.25) is 4.79 Å². The maximum absolute atomic E-state index is 11.7. The summed E-state index contributed by atoms with van der Waals surface area (Å²) in [5.41, 5.74) is 0.650. The normalized spacial score (nSPS) is 14.5. The van der Waals surface area contributed by atoms with Crippen LogP contribution in [0.15, 0.2) is 24.3 Å². The predicted octanol–water partition coefficient (Wildman–Crippen LogP) is 2.12. The molecule has 0 unspecified atom stereocenters. The molecule has 5 nitrogen and oxygen atoms in total. The largest absolute Gasteiger partial charge is 0.448 e. The molecule has 18 heavy (non-hydrogen) atoms. The Bertz CT molecular complexity index is 464. The first-order valence-electron chi connectivity index (χ1n) is 5.62. The second kappa shape index (κ2) is 5.73. The summed E-state index contributed by atoms with van der Waals surface area (Å²) in [6.45, 7) is 1.31. The van der Waals surface area contributed by atoms with Gasteiger partial charge in [-0.2, -0.15) is 0 Å². The maximum atomic E-state index is 11.7. The van der Waals surface area contributed by atoms with Crippen LogP contribution in [0.1, 0.15) is 6.42 Å². The number of halogens is 1. The van der Waals surface area contributed by atoms with Gasteiger partial charge in [0.15, 0.2) is 0 Å². The highest BCUT2D eigenvalue weighted by atomic mass is 35.5. The molecule has 0 aliphatic carbocycles. The van der Waals surface area contributed by atoms with Gasteiger partial charge in [0.1, 0.15) is 6.61 Å². The third kappa shape index (κ3) is 3.37. The third-order valence-corrected chi connectivity index (χ3v) is 2.80. The van der Waals surface area contributed by atoms with Crippen molar-refractivity contribution < 1.29 is 14.3 Å². The molecule has 0 atom stereocenters. The molecule has 1 aliphatic rings. The number of rotatable bonds is 4. The van der Waals surface area contributed by atoms with Crippen LogP contribution in [0.2, 0.25) is 5.02 Å². The van der Waals surface area contributed by atoms with E-state index in [2.05, 4.69) is 5.32 Å². The molecule has 1 fully saturated rings. The van der Waals surface area contributed by atoms with Gasteiger partial charge in [-0.25, -0.2) is 4.79 Å². The lowest BCUT2D eigenvalue weighted by atomic mass is 10.3. The van der Waals surface area contributed by atoms with Gasteiger partial charge in [-0.05, 0) is 18.2 Å². The standard InChI is InChI=1S/C12H13ClN2O3/c13-9-2-1-3-10(8-9)14-11(16)4-5-15-6-7-18-12(15)17/h1-3,8H,4-7H2,(H,14,16). The summed E-state index contributed by atoms with van der Waals surface area (Å²) in [4.78, 5) is 24.3. The molecule has 1 aromatic carbocycles. The van der Waals surface area contributed by atoms with Crippen LogP contribution in [-0.4, -0.2) is 36.6 Å². The fourth-order valence-corrected chi connectivity index (χ4v) is 1.85. The van der Waals surface area contributed by atoms with Gasteiger partial charge in [0.2, 0.25) is 5.91 Å². The van der Waals surface area contributed by atoms with Gasteiger partial charge in [0, 0.05) is 23.7 Å². The van der Waals surface area contributed by atoms with Crippen molar-refractivity contribution in [2.24, 2.45) is 0 Å². The summed E-state index contributed by atoms with van der Waals surface area (Å²) in [7, 11) is 0. The van der Waals surface area contributed by atoms with Crippen molar-refractivity contribution in [2.75, 3.05) is 25.0 Å². The third-order valence-electron chi connectivity index (χ3n) is 2.56. The minimum absolute atomic E-state index is 0.156. The minimum atomic E-state index is -0.356. The van der Waals surface area contributed by atoms with Crippen LogP contribution in [0.25, 0.3) is 0 Å². The van der Waals surface area contributed by atoms with E-state index < -0.39 is 0 Å². The first kappa shape index (κ1) is 12.7. The Morgan fingerprint density at radius 3 is 3.00 bits per heavy atom. The number of nitrogens with zero attached hydrogens (tertiary/aromatic N) is 1. The van der Waals surface area contributed by atoms with Crippen LogP contribution in [0.4, 0.5) is 10.5 Å². The van der Waals surface area contributed by atoms with Crippen molar-refractivity contribution in [1.29, 1.82) is 0 Å². The predicted molar refractivity (Wildman–Crippen MR) is 67.6 cm³/mol. The van der Waals surface area contributed by atoms with Gasteiger partial charge in [0.05, 0.1) is 6.54 Å². The van der Waals surface area contributed by atoms with Gasteiger partial charge >= 0.3 is 6.09 Å². The highest BCUT2D eigenvalue weighted by Crippen LogP contribution is 2.15. The number of nitrogens with one attached hydrogen (secondary N) is 1. The average molecular weight is 269 g/mol. The lowest BCUT2D eigenvalue weighted by molar-refractivity contribution is -0.116. The lowest BCUT2D eigenvalue weighted by Crippen LogP contribution is -2.28. The van der Waals surface area contributed by atoms with E-state index in [0.29, 0.717) is 30.4 Å². The monoisotopic (exact) mass is 268 g/mol. The van der Waals surface area contributed by atoms with Crippen molar-refractivity contribution in [3.8, 4) is 0 Å². The molecule has 1 aromatic rings. The highest BCUT2D eigenvalue weighted by molar-refractivity contribution is 6.30. The molecule has 6 heteroatoms. The van der Waals surface area contributed by atoms with E-state index >= 15 is 0 Å². The Morgan fingerprint density at radius 1 is 1.50 bits per heavy atom. The number of ether oxygens (including phenoxy) is 1. The Kier molecular flexibility index (Phi) is 4.04. The zero-order valence-corrected chi connectivity index (χ0v) is 10.4. The number of carbonyl (C=O) groups is 2. The van der Waals surface area contributed by atoms with Gasteiger partial charge in [0.25, 0.3) is 0 Å². The molecule has 96 valence electrons. The fourth-order valence-electron chi connectivity index (χ4n) is 1.66. The number of hydrogen-bond donors (Lipinski definition) is 1. The molecule has 2 amide bonds. The van der Waals surface area contributed by atoms with Crippen LogP contribution in [-0.2, 0) is 9.53 Å². The molecular weight excluding hydrogens is 256 g/mol. The van der Waals surface area contributed by atoms with Gasteiger partial charge in [-0.15, -0.1) is 0 Å². The van der Waals surface area contributed by atoms with Crippen molar-refractivity contribution in [3.05, 3.63) is 29.3 Å². The maximum Gasteiger partial charge on any atom is 0.409 e. The zero-order valence-electron chi connectivity index (χ0n) is 9.69. The smallest absolute Gasteiger partial charge is 0.409 e. The zero-order chi connectivity index (χ0) is 13.0. The van der Waals surface area contributed by atoms with E-state index in [9.17, 15) is 9.59 Å². The molecule has 0 aromatic heterocycles. The Morgan fingerprint density at radius 2 is 2.33 bits per heavy atom. The van der Waals surface area contributed by atoms with Crippen LogP contribution in [0.3, 0.4) is 0 Å². The van der Waals surface area contributed by atoms with Crippen LogP contribution >= 0.6 is 11.6 Å². The van der Waals surface area contributed by atoms with Gasteiger partial charge < -0.3 is 15.0 Å². The van der Waals surface area contributed by atoms with E-state index in [1.807, 2.05) is 0 Å². The van der Waals surface area contributed by atoms with Crippen molar-refractivity contribution in [1.82, 2.24) is 4.90 Å². The van der Waals surface area contributed by atoms with Gasteiger partial charge in [-0.1, -0.05) is 17.7 Å². The molecule has 1 N–H and O–H groups in total. The fraction of sp³-hybridized carbons (Fsp3) is 0.333. The molecule has 1 aliphatic heterocycles. The van der Waals surface area contributed by atoms with Crippen molar-refractivity contribution in [3.63, 3.8) is 0 Å². The Hall–Kier alpha value is -1.75. The van der Waals surface area contributed by atoms with E-state index in [1.165, 1.54) is 4.90 Å². The van der Waals surface area contributed by atoms with E-state index in [4.69, 9.17) is 16.3 Å². The summed E-state index contributed by atoms with van der Waals surface area (Å²) in [6.07, 6.45) is -0.118. The molecule has 1 saturated heterocycles. The summed E-state index contributed by atoms with van der Waals surface area (Å²) < 4.78 is 4.77. The van der Waals surface area contributed by atoms with Crippen molar-refractivity contribution >= 4 is 29.3 Å². The molecule has 0 bridgehead atoms. The number of cyclic esters (lactones) is 1. The number of amides is 2. The van der Waals surface area contributed by atoms with E-state index in [-0.39, 0.29) is 18.4 Å². The number of carbonyl (C=O) groups excluding carboxylic acids is 2.